The molecule has 6 atom stereocenters. The van der Waals surface area contributed by atoms with Gasteiger partial charge < -0.3 is 4.42 Å². The molecular weight excluding hydrogens is 405 g/mol. The number of hydrogen-bond donors (Lipinski definition) is 0. The smallest absolute Gasteiger partial charge is 0.283 e. The monoisotopic (exact) mass is 421 g/mol. The van der Waals surface area contributed by atoms with Crippen LogP contribution < -0.4 is 0 Å². The van der Waals surface area contributed by atoms with Gasteiger partial charge in [0.15, 0.2) is 0 Å². The van der Waals surface area contributed by atoms with Crippen LogP contribution in [0.5, 0.6) is 0 Å². The second-order valence-corrected chi connectivity index (χ2v) is 8.51. The van der Waals surface area contributed by atoms with Crippen LogP contribution in [0.15, 0.2) is 52.0 Å². The summed E-state index contributed by atoms with van der Waals surface area (Å²) < 4.78 is 19.0. The molecule has 2 amide bonds. The summed E-state index contributed by atoms with van der Waals surface area (Å²) in [7, 11) is 0. The molecular formula is C22H16FN3O5. The minimum Gasteiger partial charge on any atom is -0.455 e. The largest absolute Gasteiger partial charge is 0.455 e. The van der Waals surface area contributed by atoms with Gasteiger partial charge in [-0.2, -0.15) is 10.1 Å². The molecule has 2 saturated carbocycles. The molecule has 0 N–H and O–H groups in total. The maximum Gasteiger partial charge on any atom is 0.283 e. The van der Waals surface area contributed by atoms with Crippen molar-refractivity contribution in [3.05, 3.63) is 64.2 Å². The lowest BCUT2D eigenvalue weighted by molar-refractivity contribution is -0.384. The van der Waals surface area contributed by atoms with Gasteiger partial charge in [-0.05, 0) is 54.4 Å². The maximum absolute atomic E-state index is 13.4. The molecule has 8 nitrogen and oxygen atoms in total. The van der Waals surface area contributed by atoms with E-state index in [4.69, 9.17) is 4.42 Å². The van der Waals surface area contributed by atoms with E-state index in [0.29, 0.717) is 11.8 Å². The van der Waals surface area contributed by atoms with Crippen molar-refractivity contribution in [3.63, 3.8) is 0 Å². The summed E-state index contributed by atoms with van der Waals surface area (Å²) in [6.45, 7) is 0. The van der Waals surface area contributed by atoms with E-state index in [9.17, 15) is 24.1 Å². The van der Waals surface area contributed by atoms with E-state index in [2.05, 4.69) is 17.3 Å². The Kier molecular flexibility index (Phi) is 3.63. The third-order valence-corrected chi connectivity index (χ3v) is 6.99. The Balaban J connectivity index is 1.26. The summed E-state index contributed by atoms with van der Waals surface area (Å²) in [4.78, 5) is 36.4. The number of imide groups is 1. The second-order valence-electron chi connectivity index (χ2n) is 8.51. The SMILES string of the molecule is O=C1[C@H]2[C@@H]3C=C[C@@H]([C@H]4C[C@H]34)[C@@H]2C(=O)N1/N=C\c1ccc(-c2ccc(F)cc2[N+](=O)[O-])o1. The van der Waals surface area contributed by atoms with E-state index in [-0.39, 0.29) is 52.6 Å². The van der Waals surface area contributed by atoms with Gasteiger partial charge in [-0.15, -0.1) is 0 Å². The molecule has 1 saturated heterocycles. The van der Waals surface area contributed by atoms with Crippen molar-refractivity contribution in [2.24, 2.45) is 40.6 Å². The first-order chi connectivity index (χ1) is 14.9. The topological polar surface area (TPSA) is 106 Å². The Labute approximate surface area is 175 Å². The lowest BCUT2D eigenvalue weighted by Gasteiger charge is -2.37. The molecule has 3 fully saturated rings. The average Bonchev–Trinajstić information content (AvgIpc) is 3.39. The molecule has 7 rings (SSSR count). The number of nitro groups is 1. The number of amides is 2. The summed E-state index contributed by atoms with van der Waals surface area (Å²) >= 11 is 0. The van der Waals surface area contributed by atoms with Gasteiger partial charge in [-0.1, -0.05) is 12.2 Å². The van der Waals surface area contributed by atoms with Crippen molar-refractivity contribution in [1.29, 1.82) is 0 Å². The standard InChI is InChI=1S/C22H16FN3O5/c23-10-1-3-14(17(7-10)26(29)30)18-6-2-11(31-18)9-24-25-21(27)19-12-4-5-13(16-8-15(12)16)20(19)22(25)28/h1-7,9,12-13,15-16,19-20H,8H2/b24-9-/t12-,13+,15-,16-,19+,20+/m1/s1. The van der Waals surface area contributed by atoms with Crippen molar-refractivity contribution >= 4 is 23.7 Å². The van der Waals surface area contributed by atoms with Crippen LogP contribution in [0.4, 0.5) is 10.1 Å². The van der Waals surface area contributed by atoms with E-state index >= 15 is 0 Å². The number of nitrogens with zero attached hydrogens (tertiary/aromatic N) is 3. The number of hydrazone groups is 1. The third kappa shape index (κ3) is 2.55. The predicted octanol–water partition coefficient (Wildman–Crippen LogP) is 3.38. The van der Waals surface area contributed by atoms with Gasteiger partial charge in [0, 0.05) is 0 Å². The number of benzene rings is 1. The fourth-order valence-corrected chi connectivity index (χ4v) is 5.60. The molecule has 2 bridgehead atoms. The highest BCUT2D eigenvalue weighted by molar-refractivity contribution is 6.06. The minimum absolute atomic E-state index is 0.117. The zero-order valence-electron chi connectivity index (χ0n) is 16.1. The normalized spacial score (nSPS) is 32.6. The van der Waals surface area contributed by atoms with Gasteiger partial charge in [-0.3, -0.25) is 19.7 Å². The second kappa shape index (κ2) is 6.19. The molecule has 2 aromatic rings. The molecule has 4 aliphatic carbocycles. The lowest BCUT2D eigenvalue weighted by atomic mass is 9.63. The Morgan fingerprint density at radius 3 is 2.42 bits per heavy atom. The van der Waals surface area contributed by atoms with Crippen LogP contribution >= 0.6 is 0 Å². The van der Waals surface area contributed by atoms with Crippen molar-refractivity contribution in [2.75, 3.05) is 0 Å². The van der Waals surface area contributed by atoms with Crippen molar-refractivity contribution < 1.29 is 23.3 Å². The fourth-order valence-electron chi connectivity index (χ4n) is 5.60. The van der Waals surface area contributed by atoms with Crippen molar-refractivity contribution in [3.8, 4) is 11.3 Å². The number of allylic oxidation sites excluding steroid dienone is 2. The van der Waals surface area contributed by atoms with Gasteiger partial charge in [-0.25, -0.2) is 4.39 Å². The Morgan fingerprint density at radius 1 is 1.10 bits per heavy atom. The minimum atomic E-state index is -0.725. The number of carbonyl (C=O) groups is 2. The summed E-state index contributed by atoms with van der Waals surface area (Å²) in [5.74, 6) is -0.332. The number of nitro benzene ring substituents is 1. The summed E-state index contributed by atoms with van der Waals surface area (Å²) in [6, 6.07) is 6.20. The molecule has 0 unspecified atom stereocenters. The molecule has 1 aromatic carbocycles. The highest BCUT2D eigenvalue weighted by Crippen LogP contribution is 2.65. The van der Waals surface area contributed by atoms with E-state index in [1.807, 2.05) is 0 Å². The highest BCUT2D eigenvalue weighted by Gasteiger charge is 2.67. The van der Waals surface area contributed by atoms with E-state index in [1.165, 1.54) is 24.4 Å². The summed E-state index contributed by atoms with van der Waals surface area (Å²) in [6.07, 6.45) is 6.52. The number of rotatable bonds is 4. The zero-order valence-corrected chi connectivity index (χ0v) is 16.1. The Morgan fingerprint density at radius 2 is 1.77 bits per heavy atom. The Bertz CT molecular complexity index is 1180. The van der Waals surface area contributed by atoms with E-state index < -0.39 is 16.4 Å². The molecule has 31 heavy (non-hydrogen) atoms. The number of hydrogen-bond acceptors (Lipinski definition) is 6. The van der Waals surface area contributed by atoms with Crippen LogP contribution in [0.2, 0.25) is 0 Å². The van der Waals surface area contributed by atoms with Crippen LogP contribution in [0.25, 0.3) is 11.3 Å². The molecule has 1 aliphatic heterocycles. The van der Waals surface area contributed by atoms with Crippen LogP contribution in [-0.4, -0.2) is 28.0 Å². The molecule has 0 radical (unpaired) electrons. The molecule has 0 spiro atoms. The van der Waals surface area contributed by atoms with Crippen molar-refractivity contribution in [2.45, 2.75) is 6.42 Å². The zero-order chi connectivity index (χ0) is 21.4. The molecule has 9 heteroatoms. The van der Waals surface area contributed by atoms with Crippen LogP contribution in [0.1, 0.15) is 12.2 Å². The van der Waals surface area contributed by atoms with Gasteiger partial charge in [0.05, 0.1) is 34.6 Å². The van der Waals surface area contributed by atoms with Gasteiger partial charge in [0.1, 0.15) is 17.3 Å². The third-order valence-electron chi connectivity index (χ3n) is 6.99. The molecule has 156 valence electrons. The first kappa shape index (κ1) is 18.2. The maximum atomic E-state index is 13.4. The summed E-state index contributed by atoms with van der Waals surface area (Å²) in [5, 5.41) is 16.2. The molecule has 2 heterocycles. The highest BCUT2D eigenvalue weighted by atomic mass is 19.1. The average molecular weight is 421 g/mol. The van der Waals surface area contributed by atoms with E-state index in [0.717, 1.165) is 23.6 Å². The first-order valence-corrected chi connectivity index (χ1v) is 10.1. The van der Waals surface area contributed by atoms with Crippen LogP contribution in [0, 0.1) is 51.4 Å². The van der Waals surface area contributed by atoms with Gasteiger partial charge in [0.25, 0.3) is 17.5 Å². The Hall–Kier alpha value is -3.62. The first-order valence-electron chi connectivity index (χ1n) is 10.1. The van der Waals surface area contributed by atoms with Crippen LogP contribution in [0.3, 0.4) is 0 Å². The number of carbonyl (C=O) groups excluding carboxylic acids is 2. The van der Waals surface area contributed by atoms with Crippen LogP contribution in [-0.2, 0) is 9.59 Å². The molecule has 5 aliphatic rings. The molecule has 1 aromatic heterocycles. The van der Waals surface area contributed by atoms with Gasteiger partial charge in [0.2, 0.25) is 0 Å². The van der Waals surface area contributed by atoms with Crippen molar-refractivity contribution in [1.82, 2.24) is 5.01 Å². The lowest BCUT2D eigenvalue weighted by Crippen LogP contribution is -2.40. The fraction of sp³-hybridized carbons (Fsp3) is 0.318. The quantitative estimate of drug-likeness (QED) is 0.247. The van der Waals surface area contributed by atoms with Gasteiger partial charge >= 0.3 is 0 Å². The predicted molar refractivity (Wildman–Crippen MR) is 105 cm³/mol. The number of halogens is 1. The summed E-state index contributed by atoms with van der Waals surface area (Å²) in [5.41, 5.74) is -0.305. The van der Waals surface area contributed by atoms with E-state index in [1.54, 1.807) is 0 Å². The number of furan rings is 1.